The van der Waals surface area contributed by atoms with Crippen LogP contribution < -0.4 is 20.7 Å². The zero-order valence-electron chi connectivity index (χ0n) is 16.0. The second kappa shape index (κ2) is 10.2. The van der Waals surface area contributed by atoms with Crippen molar-refractivity contribution in [3.63, 3.8) is 0 Å². The molecule has 0 unspecified atom stereocenters. The first-order valence-corrected chi connectivity index (χ1v) is 9.13. The topological polar surface area (TPSA) is 79.5 Å². The highest BCUT2D eigenvalue weighted by molar-refractivity contribution is 5.95. The van der Waals surface area contributed by atoms with Crippen LogP contribution in [-0.4, -0.2) is 25.0 Å². The largest absolute Gasteiger partial charge is 0.491 e. The van der Waals surface area contributed by atoms with Crippen molar-refractivity contribution in [3.8, 4) is 5.75 Å². The molecular formula is C21H27N3O3. The molecule has 6 nitrogen and oxygen atoms in total. The zero-order chi connectivity index (χ0) is 19.6. The second-order valence-corrected chi connectivity index (χ2v) is 6.58. The van der Waals surface area contributed by atoms with E-state index < -0.39 is 0 Å². The van der Waals surface area contributed by atoms with E-state index in [2.05, 4.69) is 29.8 Å². The molecule has 0 heterocycles. The van der Waals surface area contributed by atoms with Crippen LogP contribution in [0.25, 0.3) is 0 Å². The molecule has 2 rings (SSSR count). The minimum atomic E-state index is -0.168. The maximum atomic E-state index is 12.2. The van der Waals surface area contributed by atoms with Gasteiger partial charge in [-0.05, 0) is 42.3 Å². The Kier molecular flexibility index (Phi) is 7.67. The van der Waals surface area contributed by atoms with Gasteiger partial charge in [0.1, 0.15) is 5.75 Å². The monoisotopic (exact) mass is 369 g/mol. The van der Waals surface area contributed by atoms with Crippen molar-refractivity contribution < 1.29 is 14.3 Å². The maximum Gasteiger partial charge on any atom is 0.243 e. The van der Waals surface area contributed by atoms with Crippen molar-refractivity contribution >= 4 is 28.9 Å². The minimum absolute atomic E-state index is 0.0469. The fraction of sp³-hybridized carbons (Fsp3) is 0.333. The van der Waals surface area contributed by atoms with Crippen molar-refractivity contribution in [3.05, 3.63) is 48.5 Å². The van der Waals surface area contributed by atoms with Gasteiger partial charge in [0.25, 0.3) is 0 Å². The number of carbonyl (C=O) groups is 2. The summed E-state index contributed by atoms with van der Waals surface area (Å²) in [7, 11) is 0. The van der Waals surface area contributed by atoms with Gasteiger partial charge in [0.2, 0.25) is 11.8 Å². The molecule has 0 radical (unpaired) electrons. The molecule has 2 aromatic carbocycles. The van der Waals surface area contributed by atoms with E-state index in [1.54, 1.807) is 31.2 Å². The van der Waals surface area contributed by atoms with Crippen LogP contribution in [0, 0.1) is 5.92 Å². The van der Waals surface area contributed by atoms with Gasteiger partial charge in [-0.3, -0.25) is 9.59 Å². The average molecular weight is 369 g/mol. The summed E-state index contributed by atoms with van der Waals surface area (Å²) >= 11 is 0. The number of nitrogens with one attached hydrogen (secondary N) is 3. The third-order valence-electron chi connectivity index (χ3n) is 3.67. The number of ether oxygens (including phenoxy) is 1. The lowest BCUT2D eigenvalue weighted by Crippen LogP contribution is -2.22. The molecule has 0 atom stereocenters. The Hall–Kier alpha value is -3.02. The van der Waals surface area contributed by atoms with Gasteiger partial charge in [-0.1, -0.05) is 32.9 Å². The summed E-state index contributed by atoms with van der Waals surface area (Å²) in [6.07, 6.45) is 0.423. The van der Waals surface area contributed by atoms with Crippen LogP contribution in [0.5, 0.6) is 5.75 Å². The van der Waals surface area contributed by atoms with Gasteiger partial charge >= 0.3 is 0 Å². The Morgan fingerprint density at radius 1 is 0.926 bits per heavy atom. The fourth-order valence-corrected chi connectivity index (χ4v) is 2.26. The van der Waals surface area contributed by atoms with E-state index in [9.17, 15) is 9.59 Å². The number of anilines is 3. The molecule has 3 N–H and O–H groups in total. The van der Waals surface area contributed by atoms with E-state index in [4.69, 9.17) is 4.74 Å². The van der Waals surface area contributed by atoms with Crippen LogP contribution in [0.1, 0.15) is 27.2 Å². The van der Waals surface area contributed by atoms with Crippen LogP contribution in [0.2, 0.25) is 0 Å². The smallest absolute Gasteiger partial charge is 0.243 e. The van der Waals surface area contributed by atoms with E-state index in [0.717, 1.165) is 11.4 Å². The van der Waals surface area contributed by atoms with Crippen molar-refractivity contribution in [1.82, 2.24) is 0 Å². The van der Waals surface area contributed by atoms with E-state index in [1.165, 1.54) is 0 Å². The Morgan fingerprint density at radius 3 is 2.11 bits per heavy atom. The Bertz CT molecular complexity index is 758. The number of para-hydroxylation sites is 2. The molecular weight excluding hydrogens is 342 g/mol. The van der Waals surface area contributed by atoms with Crippen LogP contribution in [0.3, 0.4) is 0 Å². The van der Waals surface area contributed by atoms with E-state index in [0.29, 0.717) is 30.3 Å². The highest BCUT2D eigenvalue weighted by Crippen LogP contribution is 2.24. The Balaban J connectivity index is 1.87. The number of rotatable bonds is 9. The maximum absolute atomic E-state index is 12.2. The first-order valence-electron chi connectivity index (χ1n) is 9.13. The molecule has 144 valence electrons. The van der Waals surface area contributed by atoms with Crippen molar-refractivity contribution in [2.75, 3.05) is 29.1 Å². The number of carbonyl (C=O) groups excluding carboxylic acids is 2. The quantitative estimate of drug-likeness (QED) is 0.621. The zero-order valence-corrected chi connectivity index (χ0v) is 16.0. The molecule has 0 saturated heterocycles. The molecule has 0 aliphatic rings. The van der Waals surface area contributed by atoms with Crippen LogP contribution >= 0.6 is 0 Å². The van der Waals surface area contributed by atoms with E-state index in [1.807, 2.05) is 24.3 Å². The lowest BCUT2D eigenvalue weighted by atomic mass is 10.2. The third kappa shape index (κ3) is 7.01. The van der Waals surface area contributed by atoms with Crippen molar-refractivity contribution in [1.29, 1.82) is 0 Å². The third-order valence-corrected chi connectivity index (χ3v) is 3.67. The van der Waals surface area contributed by atoms with Gasteiger partial charge in [0, 0.05) is 17.8 Å². The summed E-state index contributed by atoms with van der Waals surface area (Å²) in [6.45, 7) is 6.70. The normalized spacial score (nSPS) is 10.4. The molecule has 0 aliphatic carbocycles. The molecule has 0 aromatic heterocycles. The Morgan fingerprint density at radius 2 is 1.52 bits per heavy atom. The summed E-state index contributed by atoms with van der Waals surface area (Å²) in [6, 6.07) is 14.6. The minimum Gasteiger partial charge on any atom is -0.491 e. The molecule has 27 heavy (non-hydrogen) atoms. The van der Waals surface area contributed by atoms with Gasteiger partial charge in [-0.15, -0.1) is 0 Å². The summed E-state index contributed by atoms with van der Waals surface area (Å²) in [4.78, 5) is 23.6. The number of hydrogen-bond donors (Lipinski definition) is 3. The Labute approximate surface area is 160 Å². The predicted molar refractivity (Wildman–Crippen MR) is 109 cm³/mol. The van der Waals surface area contributed by atoms with Gasteiger partial charge in [-0.25, -0.2) is 0 Å². The lowest BCUT2D eigenvalue weighted by Gasteiger charge is -2.14. The summed E-state index contributed by atoms with van der Waals surface area (Å²) in [5.74, 6) is 0.940. The van der Waals surface area contributed by atoms with Crippen LogP contribution in [0.15, 0.2) is 48.5 Å². The van der Waals surface area contributed by atoms with E-state index in [-0.39, 0.29) is 18.4 Å². The second-order valence-electron chi connectivity index (χ2n) is 6.58. The fourth-order valence-electron chi connectivity index (χ4n) is 2.26. The van der Waals surface area contributed by atoms with Gasteiger partial charge in [-0.2, -0.15) is 0 Å². The number of hydrogen-bond acceptors (Lipinski definition) is 4. The summed E-state index contributed by atoms with van der Waals surface area (Å²) in [5, 5.41) is 8.70. The van der Waals surface area contributed by atoms with Gasteiger partial charge in [0.05, 0.1) is 18.8 Å². The predicted octanol–water partition coefficient (Wildman–Crippen LogP) is 4.12. The first kappa shape index (κ1) is 20.3. The highest BCUT2D eigenvalue weighted by Gasteiger charge is 2.07. The molecule has 0 fully saturated rings. The molecule has 2 amide bonds. The molecule has 0 spiro atoms. The average Bonchev–Trinajstić information content (AvgIpc) is 2.66. The van der Waals surface area contributed by atoms with Gasteiger partial charge in [0.15, 0.2) is 0 Å². The highest BCUT2D eigenvalue weighted by atomic mass is 16.5. The molecule has 0 saturated carbocycles. The van der Waals surface area contributed by atoms with Crippen molar-refractivity contribution in [2.24, 2.45) is 5.92 Å². The first-order chi connectivity index (χ1) is 13.0. The van der Waals surface area contributed by atoms with Crippen LogP contribution in [-0.2, 0) is 9.59 Å². The summed E-state index contributed by atoms with van der Waals surface area (Å²) in [5.41, 5.74) is 2.15. The van der Waals surface area contributed by atoms with Crippen LogP contribution in [0.4, 0.5) is 17.1 Å². The molecule has 0 aliphatic heterocycles. The molecule has 2 aromatic rings. The standard InChI is InChI=1S/C21H27N3O3/c1-4-20(25)23-16-9-11-17(12-10-16)24-21(26)13-22-18-7-5-6-8-19(18)27-14-15(2)3/h5-12,15,22H,4,13-14H2,1-3H3,(H,23,25)(H,24,26). The number of amides is 2. The van der Waals surface area contributed by atoms with Gasteiger partial charge < -0.3 is 20.7 Å². The lowest BCUT2D eigenvalue weighted by molar-refractivity contribution is -0.116. The molecule has 6 heteroatoms. The summed E-state index contributed by atoms with van der Waals surface area (Å²) < 4.78 is 5.77. The van der Waals surface area contributed by atoms with Crippen molar-refractivity contribution in [2.45, 2.75) is 27.2 Å². The number of benzene rings is 2. The molecule has 0 bridgehead atoms. The SMILES string of the molecule is CCC(=O)Nc1ccc(NC(=O)CNc2ccccc2OCC(C)C)cc1. The van der Waals surface area contributed by atoms with E-state index >= 15 is 0 Å².